The fraction of sp³-hybridized carbons (Fsp3) is 0.333. The fourth-order valence-corrected chi connectivity index (χ4v) is 1.78. The summed E-state index contributed by atoms with van der Waals surface area (Å²) in [4.78, 5) is 0. The van der Waals surface area contributed by atoms with Crippen LogP contribution in [0, 0.1) is 5.82 Å². The molecule has 7 heteroatoms. The SMILES string of the molecule is Fc1ccc(NCCSC(F)(F)F)cc1Br. The Kier molecular flexibility index (Phi) is 4.91. The lowest BCUT2D eigenvalue weighted by Gasteiger charge is -2.08. The predicted octanol–water partition coefficient (Wildman–Crippen LogP) is 4.25. The van der Waals surface area contributed by atoms with Crippen molar-refractivity contribution < 1.29 is 17.6 Å². The molecule has 0 saturated carbocycles. The highest BCUT2D eigenvalue weighted by Crippen LogP contribution is 2.29. The number of hydrogen-bond acceptors (Lipinski definition) is 2. The largest absolute Gasteiger partial charge is 0.441 e. The minimum absolute atomic E-state index is 0.0848. The Hall–Kier alpha value is -0.430. The van der Waals surface area contributed by atoms with E-state index in [1.165, 1.54) is 18.2 Å². The number of alkyl halides is 3. The summed E-state index contributed by atoms with van der Waals surface area (Å²) >= 11 is 2.90. The highest BCUT2D eigenvalue weighted by Gasteiger charge is 2.27. The monoisotopic (exact) mass is 317 g/mol. The third kappa shape index (κ3) is 5.07. The van der Waals surface area contributed by atoms with Crippen LogP contribution in [0.4, 0.5) is 23.2 Å². The van der Waals surface area contributed by atoms with Crippen molar-refractivity contribution in [3.63, 3.8) is 0 Å². The maximum absolute atomic E-state index is 12.8. The zero-order valence-corrected chi connectivity index (χ0v) is 10.3. The number of rotatable bonds is 4. The smallest absolute Gasteiger partial charge is 0.384 e. The summed E-state index contributed by atoms with van der Waals surface area (Å²) in [6, 6.07) is 4.19. The molecule has 0 bridgehead atoms. The van der Waals surface area contributed by atoms with Gasteiger partial charge in [-0.15, -0.1) is 0 Å². The normalized spacial score (nSPS) is 11.6. The van der Waals surface area contributed by atoms with Crippen molar-refractivity contribution >= 4 is 33.4 Å². The molecular formula is C9H8BrF4NS. The van der Waals surface area contributed by atoms with Crippen LogP contribution in [-0.2, 0) is 0 Å². The summed E-state index contributed by atoms with van der Waals surface area (Å²) in [5, 5.41) is 2.77. The number of anilines is 1. The van der Waals surface area contributed by atoms with Crippen LogP contribution in [0.25, 0.3) is 0 Å². The standard InChI is InChI=1S/C9H8BrF4NS/c10-7-5-6(1-2-8(7)11)15-3-4-16-9(12,13)14/h1-2,5,15H,3-4H2. The molecule has 0 radical (unpaired) electrons. The van der Waals surface area contributed by atoms with Crippen molar-refractivity contribution in [2.45, 2.75) is 5.51 Å². The molecule has 0 aliphatic heterocycles. The molecule has 0 aliphatic carbocycles. The summed E-state index contributed by atoms with van der Waals surface area (Å²) in [7, 11) is 0. The zero-order valence-electron chi connectivity index (χ0n) is 7.94. The molecule has 16 heavy (non-hydrogen) atoms. The van der Waals surface area contributed by atoms with Crippen molar-refractivity contribution in [1.29, 1.82) is 0 Å². The van der Waals surface area contributed by atoms with Gasteiger partial charge < -0.3 is 5.32 Å². The molecule has 0 aromatic heterocycles. The van der Waals surface area contributed by atoms with Crippen molar-refractivity contribution in [2.75, 3.05) is 17.6 Å². The highest BCUT2D eigenvalue weighted by molar-refractivity contribution is 9.10. The van der Waals surface area contributed by atoms with E-state index in [2.05, 4.69) is 21.2 Å². The van der Waals surface area contributed by atoms with Crippen LogP contribution in [0.3, 0.4) is 0 Å². The van der Waals surface area contributed by atoms with Gasteiger partial charge in [-0.25, -0.2) is 4.39 Å². The van der Waals surface area contributed by atoms with E-state index in [0.29, 0.717) is 5.69 Å². The van der Waals surface area contributed by atoms with E-state index in [4.69, 9.17) is 0 Å². The highest BCUT2D eigenvalue weighted by atomic mass is 79.9. The van der Waals surface area contributed by atoms with Crippen LogP contribution in [0.15, 0.2) is 22.7 Å². The van der Waals surface area contributed by atoms with Gasteiger partial charge in [0.05, 0.1) is 4.47 Å². The summed E-state index contributed by atoms with van der Waals surface area (Å²) in [6.45, 7) is 0.169. The Morgan fingerprint density at radius 3 is 2.56 bits per heavy atom. The van der Waals surface area contributed by atoms with E-state index in [1.54, 1.807) is 0 Å². The van der Waals surface area contributed by atoms with Gasteiger partial charge in [-0.3, -0.25) is 0 Å². The van der Waals surface area contributed by atoms with Crippen LogP contribution in [0.5, 0.6) is 0 Å². The van der Waals surface area contributed by atoms with Gasteiger partial charge >= 0.3 is 5.51 Å². The summed E-state index contributed by atoms with van der Waals surface area (Å²) in [5.41, 5.74) is -3.62. The van der Waals surface area contributed by atoms with Crippen LogP contribution < -0.4 is 5.32 Å². The Balaban J connectivity index is 2.35. The maximum Gasteiger partial charge on any atom is 0.441 e. The summed E-state index contributed by atoms with van der Waals surface area (Å²) in [6.07, 6.45) is 0. The van der Waals surface area contributed by atoms with Crippen molar-refractivity contribution in [2.24, 2.45) is 0 Å². The first-order chi connectivity index (χ1) is 7.38. The minimum Gasteiger partial charge on any atom is -0.384 e. The number of thioether (sulfide) groups is 1. The van der Waals surface area contributed by atoms with Crippen LogP contribution in [-0.4, -0.2) is 17.8 Å². The van der Waals surface area contributed by atoms with E-state index < -0.39 is 11.3 Å². The van der Waals surface area contributed by atoms with Crippen LogP contribution in [0.1, 0.15) is 0 Å². The Morgan fingerprint density at radius 2 is 2.00 bits per heavy atom. The fourth-order valence-electron chi connectivity index (χ4n) is 0.968. The lowest BCUT2D eigenvalue weighted by atomic mass is 10.3. The van der Waals surface area contributed by atoms with Gasteiger partial charge in [0, 0.05) is 18.0 Å². The molecule has 0 spiro atoms. The first-order valence-corrected chi connectivity index (χ1v) is 6.06. The van der Waals surface area contributed by atoms with Gasteiger partial charge in [0.1, 0.15) is 5.82 Å². The van der Waals surface area contributed by atoms with Crippen molar-refractivity contribution in [3.8, 4) is 0 Å². The van der Waals surface area contributed by atoms with Gasteiger partial charge in [-0.1, -0.05) is 0 Å². The second kappa shape index (κ2) is 5.77. The van der Waals surface area contributed by atoms with Gasteiger partial charge in [0.25, 0.3) is 0 Å². The average Bonchev–Trinajstić information content (AvgIpc) is 2.17. The van der Waals surface area contributed by atoms with Gasteiger partial charge in [0.2, 0.25) is 0 Å². The molecule has 1 nitrogen and oxygen atoms in total. The minimum atomic E-state index is -4.20. The van der Waals surface area contributed by atoms with E-state index in [9.17, 15) is 17.6 Å². The number of benzene rings is 1. The van der Waals surface area contributed by atoms with Gasteiger partial charge in [-0.05, 0) is 45.9 Å². The Morgan fingerprint density at radius 1 is 1.31 bits per heavy atom. The topological polar surface area (TPSA) is 12.0 Å². The molecule has 90 valence electrons. The molecule has 0 heterocycles. The Bertz CT molecular complexity index is 356. The molecule has 1 N–H and O–H groups in total. The molecule has 0 fully saturated rings. The maximum atomic E-state index is 12.8. The molecule has 0 aliphatic rings. The van der Waals surface area contributed by atoms with Crippen LogP contribution >= 0.6 is 27.7 Å². The first kappa shape index (κ1) is 13.6. The van der Waals surface area contributed by atoms with E-state index in [0.717, 1.165) is 0 Å². The Labute approximate surface area is 103 Å². The van der Waals surface area contributed by atoms with E-state index >= 15 is 0 Å². The quantitative estimate of drug-likeness (QED) is 0.658. The molecule has 0 saturated heterocycles. The molecule has 1 aromatic rings. The lowest BCUT2D eigenvalue weighted by Crippen LogP contribution is -2.09. The third-order valence-corrected chi connectivity index (χ3v) is 2.96. The van der Waals surface area contributed by atoms with E-state index in [-0.39, 0.29) is 28.5 Å². The summed E-state index contributed by atoms with van der Waals surface area (Å²) < 4.78 is 48.4. The van der Waals surface area contributed by atoms with Gasteiger partial charge in [-0.2, -0.15) is 13.2 Å². The zero-order chi connectivity index (χ0) is 12.2. The number of hydrogen-bond donors (Lipinski definition) is 1. The lowest BCUT2D eigenvalue weighted by molar-refractivity contribution is -0.0327. The molecule has 0 amide bonds. The van der Waals surface area contributed by atoms with Crippen LogP contribution in [0.2, 0.25) is 0 Å². The molecule has 0 unspecified atom stereocenters. The van der Waals surface area contributed by atoms with E-state index in [1.807, 2.05) is 0 Å². The first-order valence-electron chi connectivity index (χ1n) is 4.28. The van der Waals surface area contributed by atoms with Crippen molar-refractivity contribution in [1.82, 2.24) is 0 Å². The predicted molar refractivity (Wildman–Crippen MR) is 61.1 cm³/mol. The molecule has 1 aromatic carbocycles. The molecule has 1 rings (SSSR count). The second-order valence-electron chi connectivity index (χ2n) is 2.85. The van der Waals surface area contributed by atoms with Gasteiger partial charge in [0.15, 0.2) is 0 Å². The molecular weight excluding hydrogens is 310 g/mol. The van der Waals surface area contributed by atoms with Crippen molar-refractivity contribution in [3.05, 3.63) is 28.5 Å². The average molecular weight is 318 g/mol. The second-order valence-corrected chi connectivity index (χ2v) is 4.86. The third-order valence-electron chi connectivity index (χ3n) is 1.62. The number of nitrogens with one attached hydrogen (secondary N) is 1. The summed E-state index contributed by atoms with van der Waals surface area (Å²) in [5.74, 6) is -0.492. The molecule has 0 atom stereocenters. The number of halogens is 5.